The van der Waals surface area contributed by atoms with Gasteiger partial charge in [-0.25, -0.2) is 0 Å². The molecule has 14 heavy (non-hydrogen) atoms. The second-order valence-corrected chi connectivity index (χ2v) is 8.12. The minimum absolute atomic E-state index is 0.328. The summed E-state index contributed by atoms with van der Waals surface area (Å²) in [6.07, 6.45) is 1.42. The molecule has 6 rings (SSSR count). The van der Waals surface area contributed by atoms with Crippen LogP contribution in [0.3, 0.4) is 0 Å². The van der Waals surface area contributed by atoms with Crippen LogP contribution < -0.4 is 0 Å². The molecule has 10 atom stereocenters. The molecule has 6 fully saturated rings. The zero-order valence-electron chi connectivity index (χ0n) is 7.61. The summed E-state index contributed by atoms with van der Waals surface area (Å²) in [6.45, 7) is 0. The largest absolute Gasteiger partial charge is 0.388 e. The molecule has 6 bridgehead atoms. The van der Waals surface area contributed by atoms with Gasteiger partial charge in [0.05, 0.1) is 5.60 Å². The molecule has 0 heterocycles. The Hall–Kier alpha value is 0.920. The van der Waals surface area contributed by atoms with Crippen LogP contribution in [0.1, 0.15) is 6.42 Å². The average Bonchev–Trinajstić information content (AvgIpc) is 2.81. The van der Waals surface area contributed by atoms with Gasteiger partial charge in [-0.3, -0.25) is 0 Å². The van der Waals surface area contributed by atoms with E-state index in [1.165, 1.54) is 6.42 Å². The smallest absolute Gasteiger partial charge is 0.0850 e. The van der Waals surface area contributed by atoms with Crippen LogP contribution >= 0.6 is 31.9 Å². The van der Waals surface area contributed by atoms with E-state index in [-0.39, 0.29) is 5.60 Å². The number of hydrogen-bond donors (Lipinski definition) is 1. The van der Waals surface area contributed by atoms with Gasteiger partial charge in [0.1, 0.15) is 0 Å². The van der Waals surface area contributed by atoms with Crippen LogP contribution in [0, 0.1) is 41.4 Å². The van der Waals surface area contributed by atoms with Crippen molar-refractivity contribution >= 4 is 31.9 Å². The van der Waals surface area contributed by atoms with Crippen molar-refractivity contribution in [3.8, 4) is 0 Å². The summed E-state index contributed by atoms with van der Waals surface area (Å²) in [5, 5.41) is 10.9. The molecule has 0 amide bonds. The highest BCUT2D eigenvalue weighted by Crippen LogP contribution is 2.85. The van der Waals surface area contributed by atoms with E-state index < -0.39 is 0 Å². The standard InChI is InChI=1S/C11H12Br2O/c12-9-6-2-1-3-5-4(2)8(9)11(14,7(3)6)10(5)13/h2-10,14H,1H2/t2-,3+,4-,5+,6+,7-,8+,9+,10-,11+/m1/s1. The molecule has 0 aromatic rings. The third kappa shape index (κ3) is 0.464. The lowest BCUT2D eigenvalue weighted by molar-refractivity contribution is -0.0511. The van der Waals surface area contributed by atoms with E-state index in [1.54, 1.807) is 0 Å². The predicted molar refractivity (Wildman–Crippen MR) is 59.4 cm³/mol. The summed E-state index contributed by atoms with van der Waals surface area (Å²) in [7, 11) is 0. The Bertz CT molecular complexity index is 353. The van der Waals surface area contributed by atoms with Crippen molar-refractivity contribution in [3.05, 3.63) is 0 Å². The van der Waals surface area contributed by atoms with Crippen molar-refractivity contribution in [2.24, 2.45) is 41.4 Å². The Morgan fingerprint density at radius 3 is 2.50 bits per heavy atom. The van der Waals surface area contributed by atoms with Gasteiger partial charge in [-0.05, 0) is 41.9 Å². The summed E-state index contributed by atoms with van der Waals surface area (Å²) in [5.41, 5.74) is -0.328. The SMILES string of the molecule is O[C@@]12[C@@H]3[C@@H](Br)[C@H]4[C@@H]5C[C@@H]([C@@H]([C@@H]53)[C@H]1Br)[C@H]42. The third-order valence-electron chi connectivity index (χ3n) is 6.32. The second kappa shape index (κ2) is 1.91. The fraction of sp³-hybridized carbons (Fsp3) is 1.00. The maximum absolute atomic E-state index is 10.9. The zero-order valence-corrected chi connectivity index (χ0v) is 10.8. The maximum Gasteiger partial charge on any atom is 0.0850 e. The normalized spacial score (nSPS) is 85.5. The van der Waals surface area contributed by atoms with E-state index in [1.807, 2.05) is 0 Å². The molecule has 6 aliphatic rings. The van der Waals surface area contributed by atoms with Gasteiger partial charge >= 0.3 is 0 Å². The quantitative estimate of drug-likeness (QED) is 0.677. The molecule has 6 saturated carbocycles. The van der Waals surface area contributed by atoms with Gasteiger partial charge < -0.3 is 5.11 Å². The van der Waals surface area contributed by atoms with E-state index >= 15 is 0 Å². The van der Waals surface area contributed by atoms with Crippen LogP contribution in [-0.2, 0) is 0 Å². The Labute approximate surface area is 99.9 Å². The summed E-state index contributed by atoms with van der Waals surface area (Å²) in [4.78, 5) is 1.04. The summed E-state index contributed by atoms with van der Waals surface area (Å²) in [6, 6.07) is 0. The molecule has 3 heteroatoms. The Morgan fingerprint density at radius 1 is 1.00 bits per heavy atom. The van der Waals surface area contributed by atoms with E-state index in [4.69, 9.17) is 0 Å². The van der Waals surface area contributed by atoms with Gasteiger partial charge in [0.25, 0.3) is 0 Å². The fourth-order valence-electron chi connectivity index (χ4n) is 6.47. The Kier molecular flexibility index (Phi) is 1.10. The van der Waals surface area contributed by atoms with Crippen molar-refractivity contribution < 1.29 is 5.11 Å². The van der Waals surface area contributed by atoms with Gasteiger partial charge in [0, 0.05) is 15.6 Å². The van der Waals surface area contributed by atoms with E-state index in [9.17, 15) is 5.11 Å². The van der Waals surface area contributed by atoms with Gasteiger partial charge in [-0.2, -0.15) is 0 Å². The second-order valence-electron chi connectivity index (χ2n) is 6.08. The third-order valence-corrected chi connectivity index (χ3v) is 8.84. The minimum atomic E-state index is -0.328. The summed E-state index contributed by atoms with van der Waals surface area (Å²) in [5.74, 6) is 5.54. The minimum Gasteiger partial charge on any atom is -0.388 e. The van der Waals surface area contributed by atoms with Crippen LogP contribution in [0.25, 0.3) is 0 Å². The first-order chi connectivity index (χ1) is 6.67. The first-order valence-electron chi connectivity index (χ1n) is 5.68. The molecule has 1 N–H and O–H groups in total. The number of alkyl halides is 2. The van der Waals surface area contributed by atoms with Crippen molar-refractivity contribution in [2.45, 2.75) is 21.7 Å². The zero-order chi connectivity index (χ0) is 9.40. The molecule has 0 aliphatic heterocycles. The highest BCUT2D eigenvalue weighted by atomic mass is 79.9. The lowest BCUT2D eigenvalue weighted by Gasteiger charge is -2.38. The fourth-order valence-corrected chi connectivity index (χ4v) is 9.32. The first kappa shape index (κ1) is 8.08. The van der Waals surface area contributed by atoms with E-state index in [0.29, 0.717) is 21.5 Å². The molecule has 6 aliphatic carbocycles. The molecule has 0 spiro atoms. The van der Waals surface area contributed by atoms with Crippen LogP contribution in [0.4, 0.5) is 0 Å². The van der Waals surface area contributed by atoms with Gasteiger partial charge in [0.2, 0.25) is 0 Å². The topological polar surface area (TPSA) is 20.2 Å². The van der Waals surface area contributed by atoms with Crippen LogP contribution in [0.15, 0.2) is 0 Å². The van der Waals surface area contributed by atoms with Crippen LogP contribution in [0.5, 0.6) is 0 Å². The van der Waals surface area contributed by atoms with Crippen molar-refractivity contribution in [3.63, 3.8) is 0 Å². The van der Waals surface area contributed by atoms with Gasteiger partial charge in [-0.1, -0.05) is 31.9 Å². The maximum atomic E-state index is 10.9. The molecule has 0 aromatic heterocycles. The Morgan fingerprint density at radius 2 is 1.79 bits per heavy atom. The van der Waals surface area contributed by atoms with Gasteiger partial charge in [-0.15, -0.1) is 0 Å². The Balaban J connectivity index is 1.88. The molecular formula is C11H12Br2O. The number of halogens is 2. The highest BCUT2D eigenvalue weighted by Gasteiger charge is 2.88. The first-order valence-corrected chi connectivity index (χ1v) is 7.51. The number of rotatable bonds is 0. The molecule has 1 nitrogen and oxygen atoms in total. The molecule has 76 valence electrons. The number of hydrogen-bond acceptors (Lipinski definition) is 1. The van der Waals surface area contributed by atoms with Crippen LogP contribution in [0.2, 0.25) is 0 Å². The highest BCUT2D eigenvalue weighted by molar-refractivity contribution is 9.10. The van der Waals surface area contributed by atoms with Crippen molar-refractivity contribution in [1.82, 2.24) is 0 Å². The molecule has 0 radical (unpaired) electrons. The molecule has 0 aromatic carbocycles. The summed E-state index contributed by atoms with van der Waals surface area (Å²) < 4.78 is 0. The lowest BCUT2D eigenvalue weighted by atomic mass is 9.69. The monoisotopic (exact) mass is 318 g/mol. The van der Waals surface area contributed by atoms with Crippen molar-refractivity contribution in [2.75, 3.05) is 0 Å². The molecule has 0 saturated heterocycles. The molecule has 0 unspecified atom stereocenters. The van der Waals surface area contributed by atoms with Gasteiger partial charge in [0.15, 0.2) is 0 Å². The van der Waals surface area contributed by atoms with E-state index in [0.717, 1.165) is 29.6 Å². The predicted octanol–water partition coefficient (Wildman–Crippen LogP) is 2.02. The number of aliphatic hydroxyl groups is 1. The summed E-state index contributed by atoms with van der Waals surface area (Å²) >= 11 is 7.67. The molecular weight excluding hydrogens is 308 g/mol. The van der Waals surface area contributed by atoms with Crippen LogP contribution in [-0.4, -0.2) is 20.4 Å². The van der Waals surface area contributed by atoms with E-state index in [2.05, 4.69) is 31.9 Å². The van der Waals surface area contributed by atoms with Crippen molar-refractivity contribution in [1.29, 1.82) is 0 Å². The average molecular weight is 320 g/mol. The lowest BCUT2D eigenvalue weighted by Crippen LogP contribution is -2.45.